The number of halogens is 1. The highest BCUT2D eigenvalue weighted by molar-refractivity contribution is 6.32. The molecule has 1 aliphatic heterocycles. The van der Waals surface area contributed by atoms with Crippen molar-refractivity contribution < 1.29 is 9.53 Å². The Morgan fingerprint density at radius 3 is 2.75 bits per heavy atom. The average Bonchev–Trinajstić information content (AvgIpc) is 3.02. The third kappa shape index (κ3) is 3.62. The van der Waals surface area contributed by atoms with Crippen molar-refractivity contribution in [2.75, 3.05) is 25.5 Å². The standard InChI is InChI=1S/C16H20ClN5O2/c1-10-18-15(21-20-10)11-5-7-22(8-6-11)16(23)19-12-3-4-14(24-2)13(17)9-12/h3-4,9,11H,5-8H2,1-2H3,(H,19,23)(H,18,20,21). The molecular formula is C16H20ClN5O2. The Morgan fingerprint density at radius 2 is 2.17 bits per heavy atom. The van der Waals surface area contributed by atoms with Gasteiger partial charge in [0, 0.05) is 24.7 Å². The second-order valence-electron chi connectivity index (χ2n) is 5.82. The molecular weight excluding hydrogens is 330 g/mol. The fourth-order valence-electron chi connectivity index (χ4n) is 2.83. The van der Waals surface area contributed by atoms with Gasteiger partial charge < -0.3 is 15.0 Å². The smallest absolute Gasteiger partial charge is 0.321 e. The largest absolute Gasteiger partial charge is 0.495 e. The summed E-state index contributed by atoms with van der Waals surface area (Å²) >= 11 is 6.08. The Morgan fingerprint density at radius 1 is 1.42 bits per heavy atom. The molecule has 1 saturated heterocycles. The average molecular weight is 350 g/mol. The van der Waals surface area contributed by atoms with Crippen molar-refractivity contribution in [2.45, 2.75) is 25.7 Å². The summed E-state index contributed by atoms with van der Waals surface area (Å²) in [5, 5.41) is 10.4. The van der Waals surface area contributed by atoms with Gasteiger partial charge in [0.25, 0.3) is 0 Å². The van der Waals surface area contributed by atoms with Gasteiger partial charge in [0.2, 0.25) is 0 Å². The van der Waals surface area contributed by atoms with Crippen LogP contribution in [0.4, 0.5) is 10.5 Å². The molecule has 0 spiro atoms. The van der Waals surface area contributed by atoms with Crippen molar-refractivity contribution in [1.29, 1.82) is 0 Å². The highest BCUT2D eigenvalue weighted by Gasteiger charge is 2.26. The summed E-state index contributed by atoms with van der Waals surface area (Å²) in [6.07, 6.45) is 1.71. The van der Waals surface area contributed by atoms with Crippen LogP contribution in [0.3, 0.4) is 0 Å². The third-order valence-electron chi connectivity index (χ3n) is 4.16. The van der Waals surface area contributed by atoms with Crippen LogP contribution >= 0.6 is 11.6 Å². The Kier molecular flexibility index (Phi) is 4.89. The predicted octanol–water partition coefficient (Wildman–Crippen LogP) is 3.19. The van der Waals surface area contributed by atoms with Gasteiger partial charge in [-0.2, -0.15) is 5.10 Å². The molecule has 8 heteroatoms. The molecule has 1 aromatic heterocycles. The second kappa shape index (κ2) is 7.09. The number of anilines is 1. The number of aryl methyl sites for hydroxylation is 1. The summed E-state index contributed by atoms with van der Waals surface area (Å²) in [4.78, 5) is 18.6. The van der Waals surface area contributed by atoms with E-state index in [0.717, 1.165) is 24.5 Å². The maximum absolute atomic E-state index is 12.4. The highest BCUT2D eigenvalue weighted by Crippen LogP contribution is 2.28. The van der Waals surface area contributed by atoms with Gasteiger partial charge in [-0.1, -0.05) is 11.6 Å². The van der Waals surface area contributed by atoms with Crippen LogP contribution in [0, 0.1) is 6.92 Å². The van der Waals surface area contributed by atoms with E-state index in [9.17, 15) is 4.79 Å². The minimum absolute atomic E-state index is 0.124. The molecule has 0 radical (unpaired) electrons. The lowest BCUT2D eigenvalue weighted by atomic mass is 9.96. The molecule has 2 heterocycles. The number of likely N-dealkylation sites (tertiary alicyclic amines) is 1. The molecule has 3 rings (SSSR count). The molecule has 0 saturated carbocycles. The maximum atomic E-state index is 12.4. The number of nitrogens with one attached hydrogen (secondary N) is 2. The first kappa shape index (κ1) is 16.6. The lowest BCUT2D eigenvalue weighted by molar-refractivity contribution is 0.193. The molecule has 1 fully saturated rings. The Balaban J connectivity index is 1.56. The molecule has 1 aromatic carbocycles. The van der Waals surface area contributed by atoms with Gasteiger partial charge in [-0.25, -0.2) is 9.78 Å². The van der Waals surface area contributed by atoms with Crippen molar-refractivity contribution in [3.8, 4) is 5.75 Å². The molecule has 1 aliphatic rings. The van der Waals surface area contributed by atoms with Gasteiger partial charge >= 0.3 is 6.03 Å². The van der Waals surface area contributed by atoms with Crippen LogP contribution in [-0.4, -0.2) is 46.3 Å². The number of aromatic amines is 1. The minimum atomic E-state index is -0.124. The number of carbonyl (C=O) groups excluding carboxylic acids is 1. The molecule has 2 aromatic rings. The molecule has 24 heavy (non-hydrogen) atoms. The molecule has 0 unspecified atom stereocenters. The van der Waals surface area contributed by atoms with E-state index in [-0.39, 0.29) is 6.03 Å². The van der Waals surface area contributed by atoms with Crippen molar-refractivity contribution in [3.63, 3.8) is 0 Å². The van der Waals surface area contributed by atoms with E-state index in [4.69, 9.17) is 16.3 Å². The monoisotopic (exact) mass is 349 g/mol. The summed E-state index contributed by atoms with van der Waals surface area (Å²) in [6, 6.07) is 5.06. The number of hydrogen-bond donors (Lipinski definition) is 2. The van der Waals surface area contributed by atoms with E-state index in [0.29, 0.717) is 35.5 Å². The summed E-state index contributed by atoms with van der Waals surface area (Å²) in [7, 11) is 1.55. The van der Waals surface area contributed by atoms with Crippen LogP contribution in [0.15, 0.2) is 18.2 Å². The normalized spacial score (nSPS) is 15.4. The number of ether oxygens (including phenoxy) is 1. The van der Waals surface area contributed by atoms with Crippen LogP contribution in [0.1, 0.15) is 30.4 Å². The fourth-order valence-corrected chi connectivity index (χ4v) is 3.09. The molecule has 0 aliphatic carbocycles. The Hall–Kier alpha value is -2.28. The molecule has 0 atom stereocenters. The van der Waals surface area contributed by atoms with Crippen molar-refractivity contribution in [1.82, 2.24) is 20.1 Å². The number of methoxy groups -OCH3 is 1. The van der Waals surface area contributed by atoms with E-state index >= 15 is 0 Å². The van der Waals surface area contributed by atoms with Gasteiger partial charge in [-0.15, -0.1) is 0 Å². The summed E-state index contributed by atoms with van der Waals surface area (Å²) in [5.74, 6) is 2.54. The minimum Gasteiger partial charge on any atom is -0.495 e. The number of benzene rings is 1. The lowest BCUT2D eigenvalue weighted by Crippen LogP contribution is -2.40. The second-order valence-corrected chi connectivity index (χ2v) is 6.23. The lowest BCUT2D eigenvalue weighted by Gasteiger charge is -2.30. The Bertz CT molecular complexity index is 725. The van der Waals surface area contributed by atoms with Crippen LogP contribution < -0.4 is 10.1 Å². The maximum Gasteiger partial charge on any atom is 0.321 e. The first-order valence-electron chi connectivity index (χ1n) is 7.85. The van der Waals surface area contributed by atoms with E-state index in [2.05, 4.69) is 20.5 Å². The summed E-state index contributed by atoms with van der Waals surface area (Å²) < 4.78 is 5.11. The van der Waals surface area contributed by atoms with Gasteiger partial charge in [0.1, 0.15) is 11.6 Å². The zero-order chi connectivity index (χ0) is 17.1. The number of aromatic nitrogens is 3. The van der Waals surface area contributed by atoms with Crippen LogP contribution in [-0.2, 0) is 0 Å². The van der Waals surface area contributed by atoms with Gasteiger partial charge in [0.15, 0.2) is 5.82 Å². The predicted molar refractivity (Wildman–Crippen MR) is 91.7 cm³/mol. The van der Waals surface area contributed by atoms with Gasteiger partial charge in [-0.3, -0.25) is 5.10 Å². The summed E-state index contributed by atoms with van der Waals surface area (Å²) in [6.45, 7) is 3.24. The third-order valence-corrected chi connectivity index (χ3v) is 4.46. The molecule has 7 nitrogen and oxygen atoms in total. The zero-order valence-corrected chi connectivity index (χ0v) is 14.4. The molecule has 0 bridgehead atoms. The first-order chi connectivity index (χ1) is 11.6. The van der Waals surface area contributed by atoms with Crippen molar-refractivity contribution in [2.24, 2.45) is 0 Å². The van der Waals surface area contributed by atoms with Crippen molar-refractivity contribution in [3.05, 3.63) is 34.9 Å². The first-order valence-corrected chi connectivity index (χ1v) is 8.23. The number of piperidine rings is 1. The summed E-state index contributed by atoms with van der Waals surface area (Å²) in [5.41, 5.74) is 0.650. The van der Waals surface area contributed by atoms with E-state index in [1.54, 1.807) is 30.2 Å². The van der Waals surface area contributed by atoms with Crippen LogP contribution in [0.2, 0.25) is 5.02 Å². The molecule has 2 N–H and O–H groups in total. The fraction of sp³-hybridized carbons (Fsp3) is 0.438. The number of amides is 2. The molecule has 128 valence electrons. The number of hydrogen-bond acceptors (Lipinski definition) is 4. The van der Waals surface area contributed by atoms with Crippen LogP contribution in [0.5, 0.6) is 5.75 Å². The van der Waals surface area contributed by atoms with Gasteiger partial charge in [-0.05, 0) is 38.0 Å². The van der Waals surface area contributed by atoms with Gasteiger partial charge in [0.05, 0.1) is 12.1 Å². The van der Waals surface area contributed by atoms with E-state index < -0.39 is 0 Å². The SMILES string of the molecule is COc1ccc(NC(=O)N2CCC(c3n[nH]c(C)n3)CC2)cc1Cl. The quantitative estimate of drug-likeness (QED) is 0.891. The van der Waals surface area contributed by atoms with E-state index in [1.165, 1.54) is 0 Å². The highest BCUT2D eigenvalue weighted by atomic mass is 35.5. The molecule has 2 amide bonds. The van der Waals surface area contributed by atoms with Crippen LogP contribution in [0.25, 0.3) is 0 Å². The number of H-pyrrole nitrogens is 1. The Labute approximate surface area is 145 Å². The van der Waals surface area contributed by atoms with Crippen molar-refractivity contribution >= 4 is 23.3 Å². The number of rotatable bonds is 3. The zero-order valence-electron chi connectivity index (χ0n) is 13.7. The number of carbonyl (C=O) groups is 1. The number of urea groups is 1. The topological polar surface area (TPSA) is 83.1 Å². The number of nitrogens with zero attached hydrogens (tertiary/aromatic N) is 3. The van der Waals surface area contributed by atoms with E-state index in [1.807, 2.05) is 6.92 Å².